The lowest BCUT2D eigenvalue weighted by atomic mass is 10.1. The van der Waals surface area contributed by atoms with Crippen LogP contribution in [0.2, 0.25) is 0 Å². The summed E-state index contributed by atoms with van der Waals surface area (Å²) in [7, 11) is 1.59. The van der Waals surface area contributed by atoms with E-state index in [2.05, 4.69) is 26.8 Å². The SMILES string of the molecule is CCC(C)CN(CC(=O)N(Cc1ccc2c(c1)OCO2)Cc1sccc1C)C(=O)c1ccc(OC)cc1. The van der Waals surface area contributed by atoms with Gasteiger partial charge in [0.15, 0.2) is 11.5 Å². The van der Waals surface area contributed by atoms with Crippen molar-refractivity contribution in [1.82, 2.24) is 9.80 Å². The van der Waals surface area contributed by atoms with Crippen molar-refractivity contribution >= 4 is 23.2 Å². The van der Waals surface area contributed by atoms with Crippen LogP contribution >= 0.6 is 11.3 Å². The first-order valence-electron chi connectivity index (χ1n) is 12.5. The van der Waals surface area contributed by atoms with Gasteiger partial charge in [-0.05, 0) is 71.8 Å². The fourth-order valence-electron chi connectivity index (χ4n) is 4.14. The van der Waals surface area contributed by atoms with E-state index in [1.807, 2.05) is 28.5 Å². The molecular weight excluding hydrogens is 488 g/mol. The minimum atomic E-state index is -0.161. The normalized spacial score (nSPS) is 12.8. The molecule has 0 saturated carbocycles. The van der Waals surface area contributed by atoms with Crippen molar-refractivity contribution < 1.29 is 23.8 Å². The van der Waals surface area contributed by atoms with Crippen LogP contribution in [-0.4, -0.2) is 48.6 Å². The third-order valence-electron chi connectivity index (χ3n) is 6.65. The Kier molecular flexibility index (Phi) is 8.71. The number of hydrogen-bond donors (Lipinski definition) is 0. The maximum atomic E-state index is 13.8. The number of thiophene rings is 1. The molecule has 1 aliphatic rings. The first-order valence-corrected chi connectivity index (χ1v) is 13.4. The number of amides is 2. The highest BCUT2D eigenvalue weighted by Gasteiger charge is 2.25. The molecule has 3 aromatic rings. The van der Waals surface area contributed by atoms with E-state index in [9.17, 15) is 9.59 Å². The number of methoxy groups -OCH3 is 1. The zero-order valence-corrected chi connectivity index (χ0v) is 22.7. The summed E-state index contributed by atoms with van der Waals surface area (Å²) in [5.41, 5.74) is 2.63. The highest BCUT2D eigenvalue weighted by molar-refractivity contribution is 7.10. The number of benzene rings is 2. The van der Waals surface area contributed by atoms with Crippen LogP contribution in [0.1, 0.15) is 46.6 Å². The molecule has 1 aromatic heterocycles. The summed E-state index contributed by atoms with van der Waals surface area (Å²) in [5.74, 6) is 2.08. The molecule has 7 nitrogen and oxygen atoms in total. The van der Waals surface area contributed by atoms with Gasteiger partial charge in [-0.3, -0.25) is 9.59 Å². The van der Waals surface area contributed by atoms with Crippen LogP contribution in [0.5, 0.6) is 17.2 Å². The number of aryl methyl sites for hydroxylation is 1. The van der Waals surface area contributed by atoms with Gasteiger partial charge >= 0.3 is 0 Å². The van der Waals surface area contributed by atoms with Gasteiger partial charge in [-0.15, -0.1) is 11.3 Å². The van der Waals surface area contributed by atoms with Crippen LogP contribution < -0.4 is 14.2 Å². The molecule has 1 aliphatic heterocycles. The van der Waals surface area contributed by atoms with Crippen molar-refractivity contribution in [3.05, 3.63) is 75.5 Å². The maximum absolute atomic E-state index is 13.8. The Morgan fingerprint density at radius 3 is 2.46 bits per heavy atom. The second kappa shape index (κ2) is 12.1. The van der Waals surface area contributed by atoms with Crippen molar-refractivity contribution in [2.24, 2.45) is 5.92 Å². The fourth-order valence-corrected chi connectivity index (χ4v) is 5.06. The van der Waals surface area contributed by atoms with Crippen molar-refractivity contribution in [2.45, 2.75) is 40.3 Å². The number of carbonyl (C=O) groups is 2. The molecule has 0 aliphatic carbocycles. The first kappa shape index (κ1) is 26.5. The fraction of sp³-hybridized carbons (Fsp3) is 0.379. The summed E-state index contributed by atoms with van der Waals surface area (Å²) in [6, 6.07) is 14.8. The molecule has 1 unspecified atom stereocenters. The summed E-state index contributed by atoms with van der Waals surface area (Å²) in [6.45, 7) is 7.83. The maximum Gasteiger partial charge on any atom is 0.254 e. The van der Waals surface area contributed by atoms with E-state index in [1.165, 1.54) is 0 Å². The van der Waals surface area contributed by atoms with E-state index in [-0.39, 0.29) is 31.1 Å². The molecule has 8 heteroatoms. The van der Waals surface area contributed by atoms with Crippen LogP contribution in [0.25, 0.3) is 0 Å². The molecule has 196 valence electrons. The van der Waals surface area contributed by atoms with E-state index in [0.717, 1.165) is 22.4 Å². The highest BCUT2D eigenvalue weighted by atomic mass is 32.1. The van der Waals surface area contributed by atoms with Crippen molar-refractivity contribution in [2.75, 3.05) is 27.0 Å². The molecule has 0 bridgehead atoms. The van der Waals surface area contributed by atoms with E-state index in [0.29, 0.717) is 42.4 Å². The van der Waals surface area contributed by atoms with Gasteiger partial charge in [0.2, 0.25) is 12.7 Å². The number of hydrogen-bond acceptors (Lipinski definition) is 6. The second-order valence-electron chi connectivity index (χ2n) is 9.39. The van der Waals surface area contributed by atoms with E-state index in [1.54, 1.807) is 47.6 Å². The zero-order chi connectivity index (χ0) is 26.4. The molecule has 4 rings (SSSR count). The summed E-state index contributed by atoms with van der Waals surface area (Å²) >= 11 is 1.63. The van der Waals surface area contributed by atoms with Gasteiger partial charge in [0.05, 0.1) is 13.7 Å². The Morgan fingerprint density at radius 2 is 1.78 bits per heavy atom. The van der Waals surface area contributed by atoms with Gasteiger partial charge in [0, 0.05) is 23.5 Å². The standard InChI is InChI=1S/C29H34N2O5S/c1-5-20(2)15-31(29(33)23-7-9-24(34-4)10-8-23)18-28(32)30(17-27-21(3)12-13-37-27)16-22-6-11-25-26(14-22)36-19-35-25/h6-14,20H,5,15-19H2,1-4H3. The largest absolute Gasteiger partial charge is 0.497 e. The summed E-state index contributed by atoms with van der Waals surface area (Å²) in [5, 5.41) is 2.04. The quantitative estimate of drug-likeness (QED) is 0.332. The third-order valence-corrected chi connectivity index (χ3v) is 7.65. The predicted molar refractivity (Wildman–Crippen MR) is 144 cm³/mol. The highest BCUT2D eigenvalue weighted by Crippen LogP contribution is 2.33. The Balaban J connectivity index is 1.57. The number of nitrogens with zero attached hydrogens (tertiary/aromatic N) is 2. The summed E-state index contributed by atoms with van der Waals surface area (Å²) in [4.78, 5) is 31.9. The molecule has 2 aromatic carbocycles. The van der Waals surface area contributed by atoms with Crippen LogP contribution in [0.4, 0.5) is 0 Å². The molecule has 0 N–H and O–H groups in total. The molecule has 37 heavy (non-hydrogen) atoms. The molecule has 0 saturated heterocycles. The molecule has 0 spiro atoms. The van der Waals surface area contributed by atoms with Gasteiger partial charge in [-0.1, -0.05) is 26.3 Å². The zero-order valence-electron chi connectivity index (χ0n) is 21.9. The molecule has 0 radical (unpaired) electrons. The molecule has 2 heterocycles. The Hall–Kier alpha value is -3.52. The van der Waals surface area contributed by atoms with Crippen molar-refractivity contribution in [3.63, 3.8) is 0 Å². The van der Waals surface area contributed by atoms with Gasteiger partial charge in [-0.25, -0.2) is 0 Å². The van der Waals surface area contributed by atoms with E-state index >= 15 is 0 Å². The van der Waals surface area contributed by atoms with Gasteiger partial charge in [0.1, 0.15) is 12.3 Å². The van der Waals surface area contributed by atoms with E-state index in [4.69, 9.17) is 14.2 Å². The van der Waals surface area contributed by atoms with Crippen LogP contribution in [0, 0.1) is 12.8 Å². The average Bonchev–Trinajstić information content (AvgIpc) is 3.55. The lowest BCUT2D eigenvalue weighted by Crippen LogP contribution is -2.44. The third kappa shape index (κ3) is 6.63. The Bertz CT molecular complexity index is 1220. The second-order valence-corrected chi connectivity index (χ2v) is 10.4. The lowest BCUT2D eigenvalue weighted by molar-refractivity contribution is -0.133. The van der Waals surface area contributed by atoms with E-state index < -0.39 is 0 Å². The van der Waals surface area contributed by atoms with Crippen LogP contribution in [0.15, 0.2) is 53.9 Å². The lowest BCUT2D eigenvalue weighted by Gasteiger charge is -2.29. The van der Waals surface area contributed by atoms with Gasteiger partial charge in [-0.2, -0.15) is 0 Å². The molecule has 0 fully saturated rings. The van der Waals surface area contributed by atoms with Crippen molar-refractivity contribution in [1.29, 1.82) is 0 Å². The van der Waals surface area contributed by atoms with Crippen LogP contribution in [-0.2, 0) is 17.9 Å². The van der Waals surface area contributed by atoms with Crippen molar-refractivity contribution in [3.8, 4) is 17.2 Å². The number of carbonyl (C=O) groups excluding carboxylic acids is 2. The Labute approximate surface area is 222 Å². The smallest absolute Gasteiger partial charge is 0.254 e. The van der Waals surface area contributed by atoms with Gasteiger partial charge in [0.25, 0.3) is 5.91 Å². The van der Waals surface area contributed by atoms with Crippen LogP contribution in [0.3, 0.4) is 0 Å². The first-order chi connectivity index (χ1) is 17.9. The van der Waals surface area contributed by atoms with Gasteiger partial charge < -0.3 is 24.0 Å². The number of fused-ring (bicyclic) bond motifs is 1. The number of rotatable bonds is 11. The minimum Gasteiger partial charge on any atom is -0.497 e. The predicted octanol–water partition coefficient (Wildman–Crippen LogP) is 5.51. The topological polar surface area (TPSA) is 68.3 Å². The summed E-state index contributed by atoms with van der Waals surface area (Å²) in [6.07, 6.45) is 0.913. The monoisotopic (exact) mass is 522 g/mol. The molecule has 2 amide bonds. The Morgan fingerprint density at radius 1 is 1.03 bits per heavy atom. The number of ether oxygens (including phenoxy) is 3. The molecular formula is C29H34N2O5S. The minimum absolute atomic E-state index is 0.00414. The summed E-state index contributed by atoms with van der Waals surface area (Å²) < 4.78 is 16.2. The average molecular weight is 523 g/mol. The molecule has 1 atom stereocenters.